The molecule has 6 heteroatoms. The van der Waals surface area contributed by atoms with Crippen LogP contribution in [0.5, 0.6) is 0 Å². The van der Waals surface area contributed by atoms with Crippen molar-refractivity contribution >= 4 is 32.7 Å². The Hall–Kier alpha value is -3.04. The quantitative estimate of drug-likeness (QED) is 0.331. The molecular formula is C31H34N2O2Si2. The van der Waals surface area contributed by atoms with E-state index in [0.29, 0.717) is 0 Å². The summed E-state index contributed by atoms with van der Waals surface area (Å²) in [5.41, 5.74) is 7.48. The molecule has 0 amide bonds. The number of hydrogen-bond donors (Lipinski definition) is 0. The van der Waals surface area contributed by atoms with E-state index in [1.807, 2.05) is 18.5 Å². The summed E-state index contributed by atoms with van der Waals surface area (Å²) in [5, 5.41) is 2.79. The van der Waals surface area contributed by atoms with Gasteiger partial charge in [-0.15, -0.1) is 0 Å². The van der Waals surface area contributed by atoms with Crippen LogP contribution < -0.4 is 15.3 Å². The average Bonchev–Trinajstić information content (AvgIpc) is 3.35. The molecule has 4 aromatic rings. The minimum atomic E-state index is -2.29. The minimum absolute atomic E-state index is 0.0223. The summed E-state index contributed by atoms with van der Waals surface area (Å²) in [7, 11) is -0.0109. The van der Waals surface area contributed by atoms with Gasteiger partial charge in [-0.3, -0.25) is 4.98 Å². The topological polar surface area (TPSA) is 34.6 Å². The number of hydrogen-bond acceptors (Lipinski definition) is 4. The normalized spacial score (nSPS) is 23.5. The molecule has 3 aromatic carbocycles. The molecule has 0 spiro atoms. The van der Waals surface area contributed by atoms with Crippen LogP contribution in [-0.4, -0.2) is 35.7 Å². The summed E-state index contributed by atoms with van der Waals surface area (Å²) in [4.78, 5) is 6.57. The SMILES string of the molecule is CN(C)c1cc(C[Si]2(C)OC(c3cccnc3)c3ccccc32)cc(C2O[Si](C)(C)c3ccccc32)c1. The monoisotopic (exact) mass is 522 g/mol. The van der Waals surface area contributed by atoms with Crippen LogP contribution >= 0.6 is 0 Å². The lowest BCUT2D eigenvalue weighted by atomic mass is 9.99. The van der Waals surface area contributed by atoms with E-state index in [1.54, 1.807) is 0 Å². The third-order valence-electron chi connectivity index (χ3n) is 7.84. The number of aromatic nitrogens is 1. The number of pyridine rings is 1. The summed E-state index contributed by atoms with van der Waals surface area (Å²) in [6.45, 7) is 6.97. The van der Waals surface area contributed by atoms with E-state index in [9.17, 15) is 0 Å². The Kier molecular flexibility index (Phi) is 5.95. The Morgan fingerprint density at radius 1 is 0.757 bits per heavy atom. The van der Waals surface area contributed by atoms with Gasteiger partial charge in [-0.1, -0.05) is 60.7 Å². The van der Waals surface area contributed by atoms with Crippen molar-refractivity contribution in [3.8, 4) is 0 Å². The van der Waals surface area contributed by atoms with E-state index in [4.69, 9.17) is 8.85 Å². The molecule has 37 heavy (non-hydrogen) atoms. The van der Waals surface area contributed by atoms with E-state index in [0.717, 1.165) is 11.6 Å². The highest BCUT2D eigenvalue weighted by Gasteiger charge is 2.45. The zero-order valence-electron chi connectivity index (χ0n) is 22.2. The van der Waals surface area contributed by atoms with E-state index < -0.39 is 16.6 Å². The molecule has 0 aliphatic carbocycles. The fraction of sp³-hybridized carbons (Fsp3) is 0.258. The third kappa shape index (κ3) is 4.28. The summed E-state index contributed by atoms with van der Waals surface area (Å²) in [6, 6.07) is 29.6. The predicted octanol–water partition coefficient (Wildman–Crippen LogP) is 5.36. The van der Waals surface area contributed by atoms with Crippen LogP contribution in [0.15, 0.2) is 91.3 Å². The van der Waals surface area contributed by atoms with Crippen LogP contribution in [0.25, 0.3) is 0 Å². The van der Waals surface area contributed by atoms with Crippen molar-refractivity contribution in [3.05, 3.63) is 119 Å². The smallest absolute Gasteiger partial charge is 0.227 e. The molecule has 188 valence electrons. The Balaban J connectivity index is 1.40. The predicted molar refractivity (Wildman–Crippen MR) is 156 cm³/mol. The zero-order chi connectivity index (χ0) is 25.8. The molecule has 3 unspecified atom stereocenters. The number of anilines is 1. The largest absolute Gasteiger partial charge is 0.402 e. The van der Waals surface area contributed by atoms with Crippen LogP contribution in [0.2, 0.25) is 19.6 Å². The summed E-state index contributed by atoms with van der Waals surface area (Å²) in [5.74, 6) is 0. The standard InChI is InChI=1S/C31H34N2O2Si2/c1-33(2)25-18-22(17-24(19-25)31-26-12-6-8-14-28(26)36(3,4)34-31)21-37(5)29-15-9-7-13-27(29)30(35-37)23-11-10-16-32-20-23/h6-20,30-31H,21H2,1-5H3. The second kappa shape index (κ2) is 9.06. The first kappa shape index (κ1) is 24.3. The number of rotatable bonds is 5. The lowest BCUT2D eigenvalue weighted by Gasteiger charge is -2.26. The van der Waals surface area contributed by atoms with E-state index in [-0.39, 0.29) is 12.2 Å². The van der Waals surface area contributed by atoms with E-state index >= 15 is 0 Å². The maximum atomic E-state index is 7.03. The molecule has 0 fully saturated rings. The first-order chi connectivity index (χ1) is 17.7. The molecule has 2 aliphatic rings. The van der Waals surface area contributed by atoms with Gasteiger partial charge in [0.25, 0.3) is 0 Å². The van der Waals surface area contributed by atoms with Crippen LogP contribution in [0.3, 0.4) is 0 Å². The highest BCUT2D eigenvalue weighted by Crippen LogP contribution is 2.39. The molecule has 4 nitrogen and oxygen atoms in total. The van der Waals surface area contributed by atoms with E-state index in [1.165, 1.54) is 38.3 Å². The average molecular weight is 523 g/mol. The van der Waals surface area contributed by atoms with E-state index in [2.05, 4.69) is 116 Å². The van der Waals surface area contributed by atoms with Gasteiger partial charge in [-0.05, 0) is 76.5 Å². The van der Waals surface area contributed by atoms with Gasteiger partial charge in [-0.2, -0.15) is 0 Å². The molecule has 3 heterocycles. The summed E-state index contributed by atoms with van der Waals surface area (Å²) in [6.07, 6.45) is 3.68. The maximum Gasteiger partial charge on any atom is 0.227 e. The lowest BCUT2D eigenvalue weighted by Crippen LogP contribution is -2.46. The fourth-order valence-corrected chi connectivity index (χ4v) is 11.9. The highest BCUT2D eigenvalue weighted by atomic mass is 28.4. The Labute approximate surface area is 222 Å². The third-order valence-corrected chi connectivity index (χ3v) is 13.9. The number of fused-ring (bicyclic) bond motifs is 2. The van der Waals surface area contributed by atoms with Gasteiger partial charge in [0, 0.05) is 37.7 Å². The van der Waals surface area contributed by atoms with Crippen molar-refractivity contribution in [1.29, 1.82) is 0 Å². The Bertz CT molecular complexity index is 1460. The molecule has 3 atom stereocenters. The summed E-state index contributed by atoms with van der Waals surface area (Å²) >= 11 is 0. The molecule has 1 aromatic heterocycles. The van der Waals surface area contributed by atoms with Gasteiger partial charge in [0.1, 0.15) is 0 Å². The van der Waals surface area contributed by atoms with Gasteiger partial charge in [-0.25, -0.2) is 0 Å². The Morgan fingerprint density at radius 3 is 2.14 bits per heavy atom. The van der Waals surface area contributed by atoms with Crippen LogP contribution in [0, 0.1) is 0 Å². The fourth-order valence-electron chi connectivity index (χ4n) is 6.05. The molecule has 0 saturated carbocycles. The van der Waals surface area contributed by atoms with Gasteiger partial charge in [0.15, 0.2) is 0 Å². The van der Waals surface area contributed by atoms with Crippen molar-refractivity contribution in [2.45, 2.75) is 37.9 Å². The van der Waals surface area contributed by atoms with Gasteiger partial charge in [0.05, 0.1) is 12.2 Å². The first-order valence-corrected chi connectivity index (χ1v) is 18.5. The number of benzene rings is 3. The molecule has 0 bridgehead atoms. The number of nitrogens with zero attached hydrogens (tertiary/aromatic N) is 2. The van der Waals surface area contributed by atoms with Crippen LogP contribution in [0.1, 0.15) is 40.0 Å². The van der Waals surface area contributed by atoms with Crippen LogP contribution in [0.4, 0.5) is 5.69 Å². The Morgan fingerprint density at radius 2 is 1.43 bits per heavy atom. The second-order valence-corrected chi connectivity index (χ2v) is 18.6. The van der Waals surface area contributed by atoms with Gasteiger partial charge >= 0.3 is 0 Å². The summed E-state index contributed by atoms with van der Waals surface area (Å²) < 4.78 is 13.8. The molecule has 0 radical (unpaired) electrons. The molecule has 0 N–H and O–H groups in total. The molecule has 2 aliphatic heterocycles. The van der Waals surface area contributed by atoms with Gasteiger partial charge in [0.2, 0.25) is 16.6 Å². The zero-order valence-corrected chi connectivity index (χ0v) is 24.2. The second-order valence-electron chi connectivity index (χ2n) is 11.2. The van der Waals surface area contributed by atoms with Crippen molar-refractivity contribution in [2.75, 3.05) is 19.0 Å². The minimum Gasteiger partial charge on any atom is -0.402 e. The molecule has 6 rings (SSSR count). The highest BCUT2D eigenvalue weighted by molar-refractivity contribution is 6.86. The molecular weight excluding hydrogens is 489 g/mol. The van der Waals surface area contributed by atoms with Crippen molar-refractivity contribution in [2.24, 2.45) is 0 Å². The van der Waals surface area contributed by atoms with Crippen molar-refractivity contribution in [3.63, 3.8) is 0 Å². The van der Waals surface area contributed by atoms with Gasteiger partial charge < -0.3 is 13.8 Å². The molecule has 0 saturated heterocycles. The van der Waals surface area contributed by atoms with Crippen LogP contribution in [-0.2, 0) is 14.9 Å². The van der Waals surface area contributed by atoms with Crippen molar-refractivity contribution in [1.82, 2.24) is 4.98 Å². The first-order valence-electron chi connectivity index (χ1n) is 13.0. The maximum absolute atomic E-state index is 7.03. The van der Waals surface area contributed by atoms with Crippen molar-refractivity contribution < 1.29 is 8.85 Å². The lowest BCUT2D eigenvalue weighted by molar-refractivity contribution is 0.254.